The van der Waals surface area contributed by atoms with Crippen LogP contribution in [0.1, 0.15) is 19.3 Å². The van der Waals surface area contributed by atoms with E-state index in [9.17, 15) is 0 Å². The molecule has 3 rings (SSSR count). The highest BCUT2D eigenvalue weighted by atomic mass is 35.5. The van der Waals surface area contributed by atoms with E-state index in [1.807, 2.05) is 30.3 Å². The van der Waals surface area contributed by atoms with E-state index in [0.29, 0.717) is 17.5 Å². The quantitative estimate of drug-likeness (QED) is 0.901. The van der Waals surface area contributed by atoms with Crippen LogP contribution in [0.4, 0.5) is 0 Å². The van der Waals surface area contributed by atoms with Gasteiger partial charge >= 0.3 is 0 Å². The van der Waals surface area contributed by atoms with Gasteiger partial charge in [0.2, 0.25) is 0 Å². The minimum absolute atomic E-state index is 0.204. The molecule has 2 aromatic carbocycles. The van der Waals surface area contributed by atoms with Gasteiger partial charge in [0.25, 0.3) is 0 Å². The lowest BCUT2D eigenvalue weighted by molar-refractivity contribution is 0.162. The molecule has 3 heteroatoms. The largest absolute Gasteiger partial charge is 0.489 e. The molecule has 110 valence electrons. The summed E-state index contributed by atoms with van der Waals surface area (Å²) < 4.78 is 6.09. The van der Waals surface area contributed by atoms with Gasteiger partial charge in [-0.3, -0.25) is 0 Å². The van der Waals surface area contributed by atoms with Crippen LogP contribution in [-0.2, 0) is 0 Å². The lowest BCUT2D eigenvalue weighted by Crippen LogP contribution is -2.27. The fraction of sp³-hybridized carbons (Fsp3) is 0.333. The smallest absolute Gasteiger partial charge is 0.138 e. The van der Waals surface area contributed by atoms with Gasteiger partial charge in [-0.25, -0.2) is 0 Å². The topological polar surface area (TPSA) is 35.2 Å². The van der Waals surface area contributed by atoms with E-state index in [1.54, 1.807) is 0 Å². The Morgan fingerprint density at radius 3 is 2.57 bits per heavy atom. The van der Waals surface area contributed by atoms with Crippen molar-refractivity contribution in [2.24, 2.45) is 11.7 Å². The fourth-order valence-electron chi connectivity index (χ4n) is 3.00. The first-order valence-corrected chi connectivity index (χ1v) is 7.87. The number of rotatable bonds is 4. The molecule has 1 aliphatic carbocycles. The minimum Gasteiger partial charge on any atom is -0.489 e. The first-order valence-electron chi connectivity index (χ1n) is 7.49. The second kappa shape index (κ2) is 6.50. The van der Waals surface area contributed by atoms with Crippen LogP contribution < -0.4 is 10.5 Å². The van der Waals surface area contributed by atoms with E-state index >= 15 is 0 Å². The van der Waals surface area contributed by atoms with E-state index in [1.165, 1.54) is 6.42 Å². The molecule has 2 nitrogen and oxygen atoms in total. The Labute approximate surface area is 130 Å². The van der Waals surface area contributed by atoms with Crippen molar-refractivity contribution in [3.05, 3.63) is 53.6 Å². The number of benzene rings is 2. The van der Waals surface area contributed by atoms with Crippen molar-refractivity contribution < 1.29 is 4.74 Å². The minimum atomic E-state index is 0.204. The van der Waals surface area contributed by atoms with E-state index in [-0.39, 0.29) is 6.10 Å². The predicted molar refractivity (Wildman–Crippen MR) is 87.7 cm³/mol. The Balaban J connectivity index is 1.79. The summed E-state index contributed by atoms with van der Waals surface area (Å²) in [6.45, 7) is 0.685. The Morgan fingerprint density at radius 2 is 1.86 bits per heavy atom. The molecule has 0 amide bonds. The average Bonchev–Trinajstić information content (AvgIpc) is 2.97. The summed E-state index contributed by atoms with van der Waals surface area (Å²) in [5, 5.41) is 0.666. The van der Waals surface area contributed by atoms with E-state index in [0.717, 1.165) is 29.7 Å². The molecule has 0 radical (unpaired) electrons. The molecule has 2 unspecified atom stereocenters. The fourth-order valence-corrected chi connectivity index (χ4v) is 3.22. The molecule has 2 atom stereocenters. The Morgan fingerprint density at radius 1 is 1.05 bits per heavy atom. The maximum absolute atomic E-state index is 6.39. The van der Waals surface area contributed by atoms with Gasteiger partial charge in [0, 0.05) is 5.92 Å². The Kier molecular flexibility index (Phi) is 4.47. The third-order valence-corrected chi connectivity index (χ3v) is 4.50. The van der Waals surface area contributed by atoms with Gasteiger partial charge in [0.15, 0.2) is 0 Å². The van der Waals surface area contributed by atoms with Crippen molar-refractivity contribution in [1.82, 2.24) is 0 Å². The number of nitrogens with two attached hydrogens (primary N) is 1. The molecular weight excluding hydrogens is 282 g/mol. The Bertz CT molecular complexity index is 599. The predicted octanol–water partition coefficient (Wildman–Crippen LogP) is 4.51. The zero-order valence-electron chi connectivity index (χ0n) is 12.0. The standard InChI is InChI=1S/C18H20ClNO/c19-16-11-14(13-5-2-1-3-6-13)9-10-18(16)21-17-8-4-7-15(17)12-20/h1-3,5-6,9-11,15,17H,4,7-8,12,20H2. The van der Waals surface area contributed by atoms with E-state index in [2.05, 4.69) is 18.2 Å². The van der Waals surface area contributed by atoms with Gasteiger partial charge in [0.1, 0.15) is 11.9 Å². The van der Waals surface area contributed by atoms with Crippen molar-refractivity contribution in [1.29, 1.82) is 0 Å². The third kappa shape index (κ3) is 3.22. The zero-order valence-corrected chi connectivity index (χ0v) is 12.7. The van der Waals surface area contributed by atoms with Crippen LogP contribution in [0.2, 0.25) is 5.02 Å². The van der Waals surface area contributed by atoms with Crippen LogP contribution >= 0.6 is 11.6 Å². The molecule has 2 N–H and O–H groups in total. The lowest BCUT2D eigenvalue weighted by atomic mass is 10.1. The molecule has 21 heavy (non-hydrogen) atoms. The summed E-state index contributed by atoms with van der Waals surface area (Å²) in [5.74, 6) is 1.22. The van der Waals surface area contributed by atoms with Gasteiger partial charge in [-0.05, 0) is 49.1 Å². The summed E-state index contributed by atoms with van der Waals surface area (Å²) >= 11 is 6.39. The van der Waals surface area contributed by atoms with Crippen LogP contribution in [0.5, 0.6) is 5.75 Å². The second-order valence-corrected chi connectivity index (χ2v) is 6.00. The molecule has 0 aromatic heterocycles. The van der Waals surface area contributed by atoms with Crippen molar-refractivity contribution in [3.8, 4) is 16.9 Å². The van der Waals surface area contributed by atoms with Crippen molar-refractivity contribution in [2.75, 3.05) is 6.54 Å². The monoisotopic (exact) mass is 301 g/mol. The van der Waals surface area contributed by atoms with E-state index in [4.69, 9.17) is 22.1 Å². The zero-order chi connectivity index (χ0) is 14.7. The molecule has 0 bridgehead atoms. The summed E-state index contributed by atoms with van der Waals surface area (Å²) in [6, 6.07) is 16.2. The SMILES string of the molecule is NCC1CCCC1Oc1ccc(-c2ccccc2)cc1Cl. The van der Waals surface area contributed by atoms with Crippen LogP contribution in [0.3, 0.4) is 0 Å². The molecule has 1 saturated carbocycles. The molecule has 0 spiro atoms. The highest BCUT2D eigenvalue weighted by Crippen LogP contribution is 2.34. The van der Waals surface area contributed by atoms with Crippen molar-refractivity contribution >= 4 is 11.6 Å². The Hall–Kier alpha value is -1.51. The van der Waals surface area contributed by atoms with Gasteiger partial charge in [0.05, 0.1) is 5.02 Å². The first-order chi connectivity index (χ1) is 10.3. The first kappa shape index (κ1) is 14.4. The summed E-state index contributed by atoms with van der Waals surface area (Å²) in [4.78, 5) is 0. The van der Waals surface area contributed by atoms with Crippen molar-refractivity contribution in [3.63, 3.8) is 0 Å². The number of halogens is 1. The average molecular weight is 302 g/mol. The molecule has 1 fully saturated rings. The number of ether oxygens (including phenoxy) is 1. The van der Waals surface area contributed by atoms with Gasteiger partial charge in [-0.15, -0.1) is 0 Å². The molecule has 0 aliphatic heterocycles. The van der Waals surface area contributed by atoms with Crippen LogP contribution in [-0.4, -0.2) is 12.6 Å². The highest BCUT2D eigenvalue weighted by Gasteiger charge is 2.28. The van der Waals surface area contributed by atoms with Crippen LogP contribution in [0, 0.1) is 5.92 Å². The maximum atomic E-state index is 6.39. The summed E-state index contributed by atoms with van der Waals surface area (Å²) in [5.41, 5.74) is 8.07. The molecule has 2 aromatic rings. The lowest BCUT2D eigenvalue weighted by Gasteiger charge is -2.20. The second-order valence-electron chi connectivity index (χ2n) is 5.59. The van der Waals surface area contributed by atoms with E-state index < -0.39 is 0 Å². The van der Waals surface area contributed by atoms with Crippen LogP contribution in [0.15, 0.2) is 48.5 Å². The van der Waals surface area contributed by atoms with Gasteiger partial charge in [-0.1, -0.05) is 48.0 Å². The van der Waals surface area contributed by atoms with Crippen molar-refractivity contribution in [2.45, 2.75) is 25.4 Å². The van der Waals surface area contributed by atoms with Gasteiger partial charge < -0.3 is 10.5 Å². The number of hydrogen-bond acceptors (Lipinski definition) is 2. The molecular formula is C18H20ClNO. The molecule has 0 heterocycles. The number of hydrogen-bond donors (Lipinski definition) is 1. The highest BCUT2D eigenvalue weighted by molar-refractivity contribution is 6.32. The maximum Gasteiger partial charge on any atom is 0.138 e. The summed E-state index contributed by atoms with van der Waals surface area (Å²) in [7, 11) is 0. The van der Waals surface area contributed by atoms with Crippen LogP contribution in [0.25, 0.3) is 11.1 Å². The third-order valence-electron chi connectivity index (χ3n) is 4.21. The molecule has 1 aliphatic rings. The summed E-state index contributed by atoms with van der Waals surface area (Å²) in [6.07, 6.45) is 3.61. The normalized spacial score (nSPS) is 21.4. The molecule has 0 saturated heterocycles. The van der Waals surface area contributed by atoms with Gasteiger partial charge in [-0.2, -0.15) is 0 Å².